The van der Waals surface area contributed by atoms with Crippen LogP contribution in [0.25, 0.3) is 0 Å². The summed E-state index contributed by atoms with van der Waals surface area (Å²) in [5, 5.41) is 0.456. The van der Waals surface area contributed by atoms with Crippen LogP contribution in [0.2, 0.25) is 5.02 Å². The van der Waals surface area contributed by atoms with E-state index >= 15 is 0 Å². The lowest BCUT2D eigenvalue weighted by molar-refractivity contribution is 0.600. The lowest BCUT2D eigenvalue weighted by Gasteiger charge is -2.12. The maximum absolute atomic E-state index is 12.4. The molecule has 6 heteroatoms. The Morgan fingerprint density at radius 3 is 2.40 bits per heavy atom. The predicted molar refractivity (Wildman–Crippen MR) is 82.6 cm³/mol. The number of aryl methyl sites for hydroxylation is 2. The standard InChI is InChI=1S/C14H15ClN2O2S/c1-9-3-6-14(10(2)7-9)20(18,19)17-13-5-4-11(15)8-12(13)16/h3-8,17H,16H2,1-2H3. The van der Waals surface area contributed by atoms with Crippen LogP contribution in [0.1, 0.15) is 11.1 Å². The second-order valence-corrected chi connectivity index (χ2v) is 6.69. The summed E-state index contributed by atoms with van der Waals surface area (Å²) in [4.78, 5) is 0.234. The smallest absolute Gasteiger partial charge is 0.262 e. The highest BCUT2D eigenvalue weighted by Crippen LogP contribution is 2.26. The summed E-state index contributed by atoms with van der Waals surface area (Å²) < 4.78 is 27.2. The molecule has 106 valence electrons. The second kappa shape index (κ2) is 5.34. The third-order valence-corrected chi connectivity index (χ3v) is 4.64. The van der Waals surface area contributed by atoms with Gasteiger partial charge in [0.1, 0.15) is 0 Å². The van der Waals surface area contributed by atoms with Crippen molar-refractivity contribution in [3.8, 4) is 0 Å². The van der Waals surface area contributed by atoms with Crippen LogP contribution in [0.4, 0.5) is 11.4 Å². The molecular weight excluding hydrogens is 296 g/mol. The van der Waals surface area contributed by atoms with E-state index in [9.17, 15) is 8.42 Å². The Balaban J connectivity index is 2.41. The van der Waals surface area contributed by atoms with Crippen LogP contribution in [-0.2, 0) is 10.0 Å². The van der Waals surface area contributed by atoms with Crippen LogP contribution in [0.15, 0.2) is 41.3 Å². The van der Waals surface area contributed by atoms with E-state index in [4.69, 9.17) is 17.3 Å². The summed E-state index contributed by atoms with van der Waals surface area (Å²) in [6.45, 7) is 3.67. The monoisotopic (exact) mass is 310 g/mol. The Labute approximate surface area is 123 Å². The summed E-state index contributed by atoms with van der Waals surface area (Å²) in [6, 6.07) is 9.78. The van der Waals surface area contributed by atoms with E-state index in [0.717, 1.165) is 5.56 Å². The molecule has 0 aliphatic rings. The maximum Gasteiger partial charge on any atom is 0.262 e. The molecule has 2 aromatic rings. The van der Waals surface area contributed by atoms with Crippen LogP contribution < -0.4 is 10.5 Å². The molecule has 0 radical (unpaired) electrons. The van der Waals surface area contributed by atoms with Crippen LogP contribution >= 0.6 is 11.6 Å². The molecule has 0 saturated heterocycles. The Hall–Kier alpha value is -1.72. The quantitative estimate of drug-likeness (QED) is 0.854. The molecule has 0 amide bonds. The fourth-order valence-electron chi connectivity index (χ4n) is 1.93. The molecule has 0 aliphatic heterocycles. The van der Waals surface area contributed by atoms with Gasteiger partial charge in [-0.25, -0.2) is 8.42 Å². The number of benzene rings is 2. The highest BCUT2D eigenvalue weighted by molar-refractivity contribution is 7.92. The van der Waals surface area contributed by atoms with Gasteiger partial charge in [-0.15, -0.1) is 0 Å². The fourth-order valence-corrected chi connectivity index (χ4v) is 3.42. The van der Waals surface area contributed by atoms with Crippen molar-refractivity contribution in [1.82, 2.24) is 0 Å². The second-order valence-electron chi connectivity index (χ2n) is 4.61. The lowest BCUT2D eigenvalue weighted by atomic mass is 10.2. The van der Waals surface area contributed by atoms with Gasteiger partial charge in [-0.05, 0) is 43.7 Å². The van der Waals surface area contributed by atoms with E-state index in [1.165, 1.54) is 6.07 Å². The number of anilines is 2. The molecule has 0 fully saturated rings. The Morgan fingerprint density at radius 2 is 1.80 bits per heavy atom. The van der Waals surface area contributed by atoms with Gasteiger partial charge in [0.25, 0.3) is 10.0 Å². The molecule has 3 N–H and O–H groups in total. The minimum Gasteiger partial charge on any atom is -0.397 e. The third-order valence-electron chi connectivity index (χ3n) is 2.88. The van der Waals surface area contributed by atoms with Gasteiger partial charge in [0.05, 0.1) is 16.3 Å². The Kier molecular flexibility index (Phi) is 3.92. The molecule has 0 aliphatic carbocycles. The number of hydrogen-bond acceptors (Lipinski definition) is 3. The summed E-state index contributed by atoms with van der Waals surface area (Å²) in [5.41, 5.74) is 8.05. The summed E-state index contributed by atoms with van der Waals surface area (Å²) in [6.07, 6.45) is 0. The topological polar surface area (TPSA) is 72.2 Å². The molecule has 2 aromatic carbocycles. The van der Waals surface area contributed by atoms with Gasteiger partial charge in [-0.1, -0.05) is 29.3 Å². The fraction of sp³-hybridized carbons (Fsp3) is 0.143. The average Bonchev–Trinajstić information content (AvgIpc) is 2.32. The van der Waals surface area contributed by atoms with Crippen LogP contribution in [0.3, 0.4) is 0 Å². The van der Waals surface area contributed by atoms with E-state index in [1.54, 1.807) is 31.2 Å². The zero-order chi connectivity index (χ0) is 14.9. The van der Waals surface area contributed by atoms with Gasteiger partial charge < -0.3 is 5.73 Å². The minimum absolute atomic E-state index is 0.234. The van der Waals surface area contributed by atoms with Crippen LogP contribution in [0, 0.1) is 13.8 Å². The molecule has 0 saturated carbocycles. The van der Waals surface area contributed by atoms with E-state index in [2.05, 4.69) is 4.72 Å². The first-order valence-corrected chi connectivity index (χ1v) is 7.81. The number of nitrogens with two attached hydrogens (primary N) is 1. The van der Waals surface area contributed by atoms with Gasteiger partial charge >= 0.3 is 0 Å². The predicted octanol–water partition coefficient (Wildman–Crippen LogP) is 3.34. The number of hydrogen-bond donors (Lipinski definition) is 2. The van der Waals surface area contributed by atoms with Crippen molar-refractivity contribution in [2.45, 2.75) is 18.7 Å². The van der Waals surface area contributed by atoms with Gasteiger partial charge in [-0.3, -0.25) is 4.72 Å². The van der Waals surface area contributed by atoms with Crippen molar-refractivity contribution in [3.63, 3.8) is 0 Å². The first-order valence-electron chi connectivity index (χ1n) is 5.95. The zero-order valence-corrected chi connectivity index (χ0v) is 12.7. The van der Waals surface area contributed by atoms with Gasteiger partial charge in [0, 0.05) is 5.02 Å². The van der Waals surface area contributed by atoms with Crippen molar-refractivity contribution in [2.75, 3.05) is 10.5 Å². The van der Waals surface area contributed by atoms with Crippen molar-refractivity contribution < 1.29 is 8.42 Å². The molecule has 4 nitrogen and oxygen atoms in total. The zero-order valence-electron chi connectivity index (χ0n) is 11.1. The summed E-state index contributed by atoms with van der Waals surface area (Å²) in [5.74, 6) is 0. The number of halogens is 1. The summed E-state index contributed by atoms with van der Waals surface area (Å²) >= 11 is 5.79. The minimum atomic E-state index is -3.67. The summed E-state index contributed by atoms with van der Waals surface area (Å²) in [7, 11) is -3.67. The van der Waals surface area contributed by atoms with E-state index in [-0.39, 0.29) is 10.6 Å². The lowest BCUT2D eigenvalue weighted by Crippen LogP contribution is -2.15. The van der Waals surface area contributed by atoms with Crippen molar-refractivity contribution in [3.05, 3.63) is 52.5 Å². The molecule has 0 atom stereocenters. The number of nitrogen functional groups attached to an aromatic ring is 1. The molecule has 2 rings (SSSR count). The largest absolute Gasteiger partial charge is 0.397 e. The van der Waals surface area contributed by atoms with E-state index < -0.39 is 10.0 Å². The van der Waals surface area contributed by atoms with Crippen molar-refractivity contribution in [2.24, 2.45) is 0 Å². The highest BCUT2D eigenvalue weighted by atomic mass is 35.5. The van der Waals surface area contributed by atoms with Gasteiger partial charge in [0.2, 0.25) is 0 Å². The first-order chi connectivity index (χ1) is 9.29. The van der Waals surface area contributed by atoms with Crippen molar-refractivity contribution in [1.29, 1.82) is 0 Å². The maximum atomic E-state index is 12.4. The molecule has 0 unspecified atom stereocenters. The Bertz CT molecular complexity index is 758. The molecule has 0 bridgehead atoms. The highest BCUT2D eigenvalue weighted by Gasteiger charge is 2.17. The number of nitrogens with one attached hydrogen (secondary N) is 1. The molecule has 0 spiro atoms. The third kappa shape index (κ3) is 3.05. The van der Waals surface area contributed by atoms with Gasteiger partial charge in [-0.2, -0.15) is 0 Å². The Morgan fingerprint density at radius 1 is 1.10 bits per heavy atom. The SMILES string of the molecule is Cc1ccc(S(=O)(=O)Nc2ccc(Cl)cc2N)c(C)c1. The number of rotatable bonds is 3. The molecular formula is C14H15ClN2O2S. The molecule has 0 aromatic heterocycles. The molecule has 0 heterocycles. The first kappa shape index (κ1) is 14.7. The van der Waals surface area contributed by atoms with Crippen LogP contribution in [-0.4, -0.2) is 8.42 Å². The van der Waals surface area contributed by atoms with Crippen LogP contribution in [0.5, 0.6) is 0 Å². The van der Waals surface area contributed by atoms with Gasteiger partial charge in [0.15, 0.2) is 0 Å². The normalized spacial score (nSPS) is 11.3. The van der Waals surface area contributed by atoms with Crippen molar-refractivity contribution >= 4 is 33.0 Å². The molecule has 20 heavy (non-hydrogen) atoms. The van der Waals surface area contributed by atoms with E-state index in [0.29, 0.717) is 16.3 Å². The number of sulfonamides is 1. The van der Waals surface area contributed by atoms with E-state index in [1.807, 2.05) is 13.0 Å². The average molecular weight is 311 g/mol.